The Kier molecular flexibility index (Phi) is 5.73. The van der Waals surface area contributed by atoms with Gasteiger partial charge >= 0.3 is 0 Å². The second kappa shape index (κ2) is 7.76. The Morgan fingerprint density at radius 3 is 2.46 bits per heavy atom. The molecule has 2 aromatic rings. The van der Waals surface area contributed by atoms with Crippen molar-refractivity contribution < 1.29 is 9.59 Å². The van der Waals surface area contributed by atoms with Crippen LogP contribution in [0.2, 0.25) is 0 Å². The SMILES string of the molecule is CCC(CC)C(=O)Nc1cnn(C)c1C(=O)NCc1cnn(C)c1. The van der Waals surface area contributed by atoms with Gasteiger partial charge in [-0.15, -0.1) is 0 Å². The van der Waals surface area contributed by atoms with Crippen molar-refractivity contribution >= 4 is 17.5 Å². The first kappa shape index (κ1) is 17.7. The second-order valence-electron chi connectivity index (χ2n) is 5.74. The fraction of sp³-hybridized carbons (Fsp3) is 0.500. The molecular weight excluding hydrogens is 308 g/mol. The van der Waals surface area contributed by atoms with Crippen LogP contribution in [0, 0.1) is 5.92 Å². The first-order valence-corrected chi connectivity index (χ1v) is 8.04. The smallest absolute Gasteiger partial charge is 0.271 e. The lowest BCUT2D eigenvalue weighted by Crippen LogP contribution is -2.28. The number of amides is 2. The van der Waals surface area contributed by atoms with Crippen molar-refractivity contribution in [3.63, 3.8) is 0 Å². The highest BCUT2D eigenvalue weighted by atomic mass is 16.2. The zero-order chi connectivity index (χ0) is 17.7. The minimum Gasteiger partial charge on any atom is -0.346 e. The molecule has 2 heterocycles. The highest BCUT2D eigenvalue weighted by molar-refractivity contribution is 6.02. The highest BCUT2D eigenvalue weighted by Gasteiger charge is 2.21. The van der Waals surface area contributed by atoms with Gasteiger partial charge < -0.3 is 10.6 Å². The molecule has 2 aromatic heterocycles. The van der Waals surface area contributed by atoms with E-state index in [4.69, 9.17) is 0 Å². The van der Waals surface area contributed by atoms with E-state index in [0.29, 0.717) is 17.9 Å². The summed E-state index contributed by atoms with van der Waals surface area (Å²) in [5.41, 5.74) is 1.66. The van der Waals surface area contributed by atoms with Crippen LogP contribution in [0.4, 0.5) is 5.69 Å². The lowest BCUT2D eigenvalue weighted by molar-refractivity contribution is -0.120. The van der Waals surface area contributed by atoms with Crippen LogP contribution in [0.5, 0.6) is 0 Å². The van der Waals surface area contributed by atoms with E-state index < -0.39 is 0 Å². The van der Waals surface area contributed by atoms with Crippen molar-refractivity contribution in [1.82, 2.24) is 24.9 Å². The third kappa shape index (κ3) is 4.01. The van der Waals surface area contributed by atoms with Crippen molar-refractivity contribution in [2.75, 3.05) is 5.32 Å². The van der Waals surface area contributed by atoms with Crippen LogP contribution in [-0.4, -0.2) is 31.4 Å². The molecule has 0 aliphatic heterocycles. The topological polar surface area (TPSA) is 93.8 Å². The fourth-order valence-electron chi connectivity index (χ4n) is 2.52. The molecule has 130 valence electrons. The monoisotopic (exact) mass is 332 g/mol. The van der Waals surface area contributed by atoms with E-state index in [9.17, 15) is 9.59 Å². The van der Waals surface area contributed by atoms with E-state index in [2.05, 4.69) is 20.8 Å². The summed E-state index contributed by atoms with van der Waals surface area (Å²) in [5, 5.41) is 13.8. The van der Waals surface area contributed by atoms with Crippen LogP contribution in [0.1, 0.15) is 42.7 Å². The van der Waals surface area contributed by atoms with Gasteiger partial charge in [-0.25, -0.2) is 0 Å². The minimum atomic E-state index is -0.293. The number of carbonyl (C=O) groups excluding carboxylic acids is 2. The van der Waals surface area contributed by atoms with Crippen molar-refractivity contribution in [3.05, 3.63) is 29.8 Å². The first-order chi connectivity index (χ1) is 11.5. The average Bonchev–Trinajstić information content (AvgIpc) is 3.12. The summed E-state index contributed by atoms with van der Waals surface area (Å²) in [6.07, 6.45) is 6.54. The summed E-state index contributed by atoms with van der Waals surface area (Å²) in [7, 11) is 3.49. The number of aromatic nitrogens is 4. The molecule has 24 heavy (non-hydrogen) atoms. The Labute approximate surface area is 141 Å². The van der Waals surface area contributed by atoms with Crippen LogP contribution >= 0.6 is 0 Å². The van der Waals surface area contributed by atoms with Gasteiger partial charge in [0.05, 0.1) is 18.1 Å². The number of anilines is 1. The lowest BCUT2D eigenvalue weighted by atomic mass is 10.0. The van der Waals surface area contributed by atoms with E-state index in [1.807, 2.05) is 27.1 Å². The van der Waals surface area contributed by atoms with E-state index in [1.165, 1.54) is 10.9 Å². The van der Waals surface area contributed by atoms with Crippen LogP contribution < -0.4 is 10.6 Å². The molecule has 0 radical (unpaired) electrons. The molecule has 2 rings (SSSR count). The molecule has 0 atom stereocenters. The molecule has 0 bridgehead atoms. The third-order valence-electron chi connectivity index (χ3n) is 3.98. The lowest BCUT2D eigenvalue weighted by Gasteiger charge is -2.13. The van der Waals surface area contributed by atoms with Gasteiger partial charge in [0.2, 0.25) is 5.91 Å². The van der Waals surface area contributed by atoms with Gasteiger partial charge in [0.25, 0.3) is 5.91 Å². The minimum absolute atomic E-state index is 0.0727. The van der Waals surface area contributed by atoms with E-state index in [1.54, 1.807) is 17.9 Å². The zero-order valence-electron chi connectivity index (χ0n) is 14.5. The predicted molar refractivity (Wildman–Crippen MR) is 90.3 cm³/mol. The van der Waals surface area contributed by atoms with Crippen LogP contribution in [0.3, 0.4) is 0 Å². The molecule has 0 saturated carbocycles. The summed E-state index contributed by atoms with van der Waals surface area (Å²) in [4.78, 5) is 24.7. The van der Waals surface area contributed by atoms with Crippen LogP contribution in [0.15, 0.2) is 18.6 Å². The number of rotatable bonds is 7. The predicted octanol–water partition coefficient (Wildman–Crippen LogP) is 1.46. The number of aryl methyl sites for hydroxylation is 2. The summed E-state index contributed by atoms with van der Waals surface area (Å²) in [5.74, 6) is -0.454. The molecule has 0 spiro atoms. The standard InChI is InChI=1S/C16H24N6O2/c1-5-12(6-2)15(23)20-13-9-19-22(4)14(13)16(24)17-7-11-8-18-21(3)10-11/h8-10,12H,5-7H2,1-4H3,(H,17,24)(H,20,23). The Bertz CT molecular complexity index is 714. The number of hydrogen-bond donors (Lipinski definition) is 2. The molecule has 2 N–H and O–H groups in total. The van der Waals surface area contributed by atoms with Crippen molar-refractivity contribution in [2.45, 2.75) is 33.2 Å². The van der Waals surface area contributed by atoms with Gasteiger partial charge in [-0.05, 0) is 12.8 Å². The van der Waals surface area contributed by atoms with Crippen molar-refractivity contribution in [1.29, 1.82) is 0 Å². The normalized spacial score (nSPS) is 10.9. The number of nitrogens with zero attached hydrogens (tertiary/aromatic N) is 4. The van der Waals surface area contributed by atoms with Gasteiger partial charge in [-0.2, -0.15) is 10.2 Å². The number of nitrogens with one attached hydrogen (secondary N) is 2. The maximum absolute atomic E-state index is 12.5. The average molecular weight is 332 g/mol. The van der Waals surface area contributed by atoms with Crippen molar-refractivity contribution in [3.8, 4) is 0 Å². The maximum Gasteiger partial charge on any atom is 0.271 e. The molecule has 0 unspecified atom stereocenters. The number of carbonyl (C=O) groups is 2. The molecule has 8 heteroatoms. The molecule has 8 nitrogen and oxygen atoms in total. The molecule has 0 aromatic carbocycles. The van der Waals surface area contributed by atoms with Gasteiger partial charge in [0, 0.05) is 38.3 Å². The highest BCUT2D eigenvalue weighted by Crippen LogP contribution is 2.17. The van der Waals surface area contributed by atoms with E-state index in [-0.39, 0.29) is 17.7 Å². The molecule has 0 fully saturated rings. The van der Waals surface area contributed by atoms with Gasteiger partial charge in [0.15, 0.2) is 0 Å². The van der Waals surface area contributed by atoms with Gasteiger partial charge in [-0.3, -0.25) is 19.0 Å². The van der Waals surface area contributed by atoms with E-state index >= 15 is 0 Å². The maximum atomic E-state index is 12.5. The van der Waals surface area contributed by atoms with Crippen molar-refractivity contribution in [2.24, 2.45) is 20.0 Å². The number of hydrogen-bond acceptors (Lipinski definition) is 4. The quantitative estimate of drug-likeness (QED) is 0.802. The summed E-state index contributed by atoms with van der Waals surface area (Å²) < 4.78 is 3.13. The molecular formula is C16H24N6O2. The Morgan fingerprint density at radius 2 is 1.88 bits per heavy atom. The largest absolute Gasteiger partial charge is 0.346 e. The second-order valence-corrected chi connectivity index (χ2v) is 5.74. The molecule has 2 amide bonds. The van der Waals surface area contributed by atoms with Crippen LogP contribution in [0.25, 0.3) is 0 Å². The Morgan fingerprint density at radius 1 is 1.17 bits per heavy atom. The summed E-state index contributed by atoms with van der Waals surface area (Å²) in [6, 6.07) is 0. The molecule has 0 aliphatic rings. The zero-order valence-corrected chi connectivity index (χ0v) is 14.5. The van der Waals surface area contributed by atoms with Gasteiger partial charge in [0.1, 0.15) is 5.69 Å². The summed E-state index contributed by atoms with van der Waals surface area (Å²) in [6.45, 7) is 4.30. The molecule has 0 aliphatic carbocycles. The van der Waals surface area contributed by atoms with Gasteiger partial charge in [-0.1, -0.05) is 13.8 Å². The Hall–Kier alpha value is -2.64. The Balaban J connectivity index is 2.08. The van der Waals surface area contributed by atoms with E-state index in [0.717, 1.165) is 18.4 Å². The van der Waals surface area contributed by atoms with Crippen LogP contribution in [-0.2, 0) is 25.4 Å². The fourth-order valence-corrected chi connectivity index (χ4v) is 2.52. The molecule has 0 saturated heterocycles. The first-order valence-electron chi connectivity index (χ1n) is 8.04. The summed E-state index contributed by atoms with van der Waals surface area (Å²) >= 11 is 0. The third-order valence-corrected chi connectivity index (χ3v) is 3.98.